The number of hydrogen-bond acceptors (Lipinski definition) is 3. The molecule has 94 valence electrons. The van der Waals surface area contributed by atoms with E-state index in [-0.39, 0.29) is 5.95 Å². The van der Waals surface area contributed by atoms with Crippen molar-refractivity contribution in [3.8, 4) is 5.95 Å². The Morgan fingerprint density at radius 2 is 1.83 bits per heavy atom. The molecule has 2 rings (SSSR count). The summed E-state index contributed by atoms with van der Waals surface area (Å²) in [5.74, 6) is -1.69. The predicted molar refractivity (Wildman–Crippen MR) is 53.3 cm³/mol. The molecule has 1 N–H and O–H groups in total. The molecule has 18 heavy (non-hydrogen) atoms. The third kappa shape index (κ3) is 2.17. The van der Waals surface area contributed by atoms with E-state index >= 15 is 0 Å². The number of carboxylic acid groups (broad SMARTS) is 1. The molecule has 0 spiro atoms. The summed E-state index contributed by atoms with van der Waals surface area (Å²) in [5, 5.41) is 8.74. The lowest BCUT2D eigenvalue weighted by molar-refractivity contribution is -0.138. The van der Waals surface area contributed by atoms with Crippen LogP contribution in [0.3, 0.4) is 0 Å². The second kappa shape index (κ2) is 4.13. The lowest BCUT2D eigenvalue weighted by Crippen LogP contribution is -2.09. The van der Waals surface area contributed by atoms with Crippen LogP contribution in [0.15, 0.2) is 30.9 Å². The first-order chi connectivity index (χ1) is 8.39. The van der Waals surface area contributed by atoms with Crippen LogP contribution in [0.4, 0.5) is 13.2 Å². The van der Waals surface area contributed by atoms with Gasteiger partial charge in [0.25, 0.3) is 0 Å². The zero-order valence-corrected chi connectivity index (χ0v) is 8.72. The summed E-state index contributed by atoms with van der Waals surface area (Å²) in [6.07, 6.45) is -0.570. The van der Waals surface area contributed by atoms with Gasteiger partial charge < -0.3 is 5.11 Å². The Morgan fingerprint density at radius 3 is 2.28 bits per heavy atom. The number of rotatable bonds is 2. The van der Waals surface area contributed by atoms with Crippen molar-refractivity contribution in [3.63, 3.8) is 0 Å². The van der Waals surface area contributed by atoms with Gasteiger partial charge >= 0.3 is 12.1 Å². The van der Waals surface area contributed by atoms with Crippen molar-refractivity contribution in [2.45, 2.75) is 6.18 Å². The van der Waals surface area contributed by atoms with E-state index in [1.165, 1.54) is 18.5 Å². The molecule has 0 atom stereocenters. The Hall–Kier alpha value is -2.38. The molecular formula is C10H6F3N3O2. The van der Waals surface area contributed by atoms with Gasteiger partial charge in [-0.15, -0.1) is 0 Å². The molecule has 0 radical (unpaired) electrons. The lowest BCUT2D eigenvalue weighted by Gasteiger charge is -2.04. The van der Waals surface area contributed by atoms with E-state index in [1.807, 2.05) is 0 Å². The molecule has 8 heteroatoms. The molecule has 0 fully saturated rings. The molecule has 0 unspecified atom stereocenters. The smallest absolute Gasteiger partial charge is 0.418 e. The van der Waals surface area contributed by atoms with Crippen molar-refractivity contribution in [3.05, 3.63) is 42.0 Å². The van der Waals surface area contributed by atoms with Gasteiger partial charge in [0.2, 0.25) is 5.95 Å². The quantitative estimate of drug-likeness (QED) is 0.893. The highest BCUT2D eigenvalue weighted by Gasteiger charge is 2.37. The van der Waals surface area contributed by atoms with Crippen molar-refractivity contribution < 1.29 is 23.1 Å². The Labute approximate surface area is 98.5 Å². The van der Waals surface area contributed by atoms with E-state index in [1.54, 1.807) is 0 Å². The fraction of sp³-hybridized carbons (Fsp3) is 0.100. The molecule has 5 nitrogen and oxygen atoms in total. The van der Waals surface area contributed by atoms with Crippen molar-refractivity contribution in [1.29, 1.82) is 0 Å². The van der Waals surface area contributed by atoms with Crippen LogP contribution in [0.25, 0.3) is 5.95 Å². The van der Waals surface area contributed by atoms with Gasteiger partial charge in [-0.05, 0) is 6.07 Å². The lowest BCUT2D eigenvalue weighted by atomic mass is 10.2. The second-order valence-corrected chi connectivity index (χ2v) is 3.34. The number of aromatic carboxylic acids is 1. The fourth-order valence-corrected chi connectivity index (χ4v) is 1.39. The average Bonchev–Trinajstić information content (AvgIpc) is 2.74. The van der Waals surface area contributed by atoms with Gasteiger partial charge in [0.1, 0.15) is 0 Å². The molecule has 0 aliphatic heterocycles. The van der Waals surface area contributed by atoms with Crippen LogP contribution in [0.1, 0.15) is 15.9 Å². The van der Waals surface area contributed by atoms with Crippen molar-refractivity contribution in [2.24, 2.45) is 0 Å². The van der Waals surface area contributed by atoms with Crippen LogP contribution >= 0.6 is 0 Å². The second-order valence-electron chi connectivity index (χ2n) is 3.34. The summed E-state index contributed by atoms with van der Waals surface area (Å²) in [7, 11) is 0. The van der Waals surface area contributed by atoms with Crippen molar-refractivity contribution >= 4 is 5.97 Å². The zero-order chi connectivity index (χ0) is 13.3. The van der Waals surface area contributed by atoms with Crippen molar-refractivity contribution in [2.75, 3.05) is 0 Å². The third-order valence-corrected chi connectivity index (χ3v) is 2.15. The minimum absolute atomic E-state index is 0.0319. The van der Waals surface area contributed by atoms with Gasteiger partial charge in [0, 0.05) is 24.8 Å². The summed E-state index contributed by atoms with van der Waals surface area (Å²) in [4.78, 5) is 18.2. The first-order valence-electron chi connectivity index (χ1n) is 4.69. The number of alkyl halides is 3. The van der Waals surface area contributed by atoms with Crippen LogP contribution < -0.4 is 0 Å². The summed E-state index contributed by atoms with van der Waals surface area (Å²) in [6, 6.07) is 1.50. The van der Waals surface area contributed by atoms with E-state index in [0.717, 1.165) is 10.8 Å². The highest BCUT2D eigenvalue weighted by molar-refractivity contribution is 5.89. The molecule has 2 heterocycles. The molecule has 0 aromatic carbocycles. The SMILES string of the molecule is O=C(O)c1cn(-c2ncccn2)cc1C(F)(F)F. The number of carboxylic acids is 1. The Bertz CT molecular complexity index is 578. The monoisotopic (exact) mass is 257 g/mol. The van der Waals surface area contributed by atoms with Crippen LogP contribution in [0, 0.1) is 0 Å². The van der Waals surface area contributed by atoms with Crippen molar-refractivity contribution in [1.82, 2.24) is 14.5 Å². The van der Waals surface area contributed by atoms with Gasteiger partial charge in [-0.25, -0.2) is 14.8 Å². The van der Waals surface area contributed by atoms with Gasteiger partial charge in [0.05, 0.1) is 11.1 Å². The minimum atomic E-state index is -4.74. The van der Waals surface area contributed by atoms with E-state index in [2.05, 4.69) is 9.97 Å². The van der Waals surface area contributed by atoms with E-state index in [0.29, 0.717) is 6.20 Å². The van der Waals surface area contributed by atoms with Gasteiger partial charge in [0.15, 0.2) is 0 Å². The van der Waals surface area contributed by atoms with Gasteiger partial charge in [-0.3, -0.25) is 4.57 Å². The number of aromatic nitrogens is 3. The highest BCUT2D eigenvalue weighted by Crippen LogP contribution is 2.33. The number of hydrogen-bond donors (Lipinski definition) is 1. The summed E-state index contributed by atoms with van der Waals surface area (Å²) in [5.41, 5.74) is -2.07. The van der Waals surface area contributed by atoms with Gasteiger partial charge in [-0.1, -0.05) is 0 Å². The Kier molecular flexibility index (Phi) is 2.77. The molecule has 2 aromatic heterocycles. The topological polar surface area (TPSA) is 68.0 Å². The number of carbonyl (C=O) groups is 1. The maximum atomic E-state index is 12.6. The van der Waals surface area contributed by atoms with Crippen LogP contribution in [0.5, 0.6) is 0 Å². The highest BCUT2D eigenvalue weighted by atomic mass is 19.4. The summed E-state index contributed by atoms with van der Waals surface area (Å²) >= 11 is 0. The van der Waals surface area contributed by atoms with Crippen LogP contribution in [0.2, 0.25) is 0 Å². The van der Waals surface area contributed by atoms with E-state index in [4.69, 9.17) is 5.11 Å². The van der Waals surface area contributed by atoms with Gasteiger partial charge in [-0.2, -0.15) is 13.2 Å². The van der Waals surface area contributed by atoms with E-state index < -0.39 is 23.3 Å². The van der Waals surface area contributed by atoms with Crippen LogP contribution in [-0.2, 0) is 6.18 Å². The average molecular weight is 257 g/mol. The molecular weight excluding hydrogens is 251 g/mol. The predicted octanol–water partition coefficient (Wildman–Crippen LogP) is 1.98. The molecule has 2 aromatic rings. The third-order valence-electron chi connectivity index (χ3n) is 2.15. The molecule has 0 bridgehead atoms. The Balaban J connectivity index is 2.57. The minimum Gasteiger partial charge on any atom is -0.478 e. The number of nitrogens with zero attached hydrogens (tertiary/aromatic N) is 3. The molecule has 0 saturated heterocycles. The molecule has 0 saturated carbocycles. The normalized spacial score (nSPS) is 11.5. The zero-order valence-electron chi connectivity index (χ0n) is 8.72. The first kappa shape index (κ1) is 12.1. The maximum absolute atomic E-state index is 12.6. The summed E-state index contributed by atoms with van der Waals surface area (Å²) < 4.78 is 38.8. The molecule has 0 amide bonds. The standard InChI is InChI=1S/C10H6F3N3O2/c11-10(12,13)7-5-16(4-6(7)8(17)18)9-14-2-1-3-15-9/h1-5H,(H,17,18). The molecule has 0 aliphatic rings. The largest absolute Gasteiger partial charge is 0.478 e. The van der Waals surface area contributed by atoms with Crippen LogP contribution in [-0.4, -0.2) is 25.6 Å². The first-order valence-corrected chi connectivity index (χ1v) is 4.69. The van der Waals surface area contributed by atoms with E-state index in [9.17, 15) is 18.0 Å². The Morgan fingerprint density at radius 1 is 1.22 bits per heavy atom. The summed E-state index contributed by atoms with van der Waals surface area (Å²) in [6.45, 7) is 0. The fourth-order valence-electron chi connectivity index (χ4n) is 1.39. The number of halogens is 3. The molecule has 0 aliphatic carbocycles. The maximum Gasteiger partial charge on any atom is 0.418 e.